The number of benzene rings is 1. The minimum Gasteiger partial charge on any atom is -0.404 e. The van der Waals surface area contributed by atoms with Gasteiger partial charge in [-0.1, -0.05) is 6.92 Å². The van der Waals surface area contributed by atoms with Crippen LogP contribution in [0, 0.1) is 0 Å². The van der Waals surface area contributed by atoms with Crippen molar-refractivity contribution in [3.05, 3.63) is 17.7 Å². The average Bonchev–Trinajstić information content (AvgIpc) is 2.63. The summed E-state index contributed by atoms with van der Waals surface area (Å²) in [6.45, 7) is 8.02. The van der Waals surface area contributed by atoms with Crippen molar-refractivity contribution in [1.29, 1.82) is 0 Å². The van der Waals surface area contributed by atoms with E-state index in [0.29, 0.717) is 12.5 Å². The Morgan fingerprint density at radius 2 is 1.70 bits per heavy atom. The summed E-state index contributed by atoms with van der Waals surface area (Å²) in [5, 5.41) is 0. The fraction of sp³-hybridized carbons (Fsp3) is 0.684. The van der Waals surface area contributed by atoms with E-state index >= 15 is 0 Å². The lowest BCUT2D eigenvalue weighted by molar-refractivity contribution is -0.274. The normalized spacial score (nSPS) is 20.9. The summed E-state index contributed by atoms with van der Waals surface area (Å²) in [6, 6.07) is 3.63. The predicted molar refractivity (Wildman–Crippen MR) is 101 cm³/mol. The molecular weight excluding hydrogens is 357 g/mol. The molecule has 0 unspecified atom stereocenters. The molecule has 0 saturated carbocycles. The smallest absolute Gasteiger partial charge is 0.404 e. The van der Waals surface area contributed by atoms with Gasteiger partial charge in [0.1, 0.15) is 0 Å². The summed E-state index contributed by atoms with van der Waals surface area (Å²) in [4.78, 5) is 7.07. The lowest BCUT2D eigenvalue weighted by atomic mass is 9.99. The molecule has 152 valence electrons. The van der Waals surface area contributed by atoms with Crippen LogP contribution in [0.15, 0.2) is 12.1 Å². The number of nitrogens with zero attached hydrogens (tertiary/aromatic N) is 3. The first-order chi connectivity index (χ1) is 12.8. The number of hydrogen-bond acceptors (Lipinski definition) is 5. The van der Waals surface area contributed by atoms with Crippen LogP contribution in [-0.4, -0.2) is 68.5 Å². The monoisotopic (exact) mass is 386 g/mol. The maximum Gasteiger partial charge on any atom is 0.573 e. The molecule has 0 bridgehead atoms. The molecule has 0 aromatic heterocycles. The fourth-order valence-electron chi connectivity index (χ4n) is 4.08. The van der Waals surface area contributed by atoms with Crippen LogP contribution in [0.3, 0.4) is 0 Å². The number of piperidine rings is 1. The zero-order chi connectivity index (χ0) is 19.6. The quantitative estimate of drug-likeness (QED) is 0.806. The molecule has 2 fully saturated rings. The summed E-state index contributed by atoms with van der Waals surface area (Å²) < 4.78 is 42.1. The molecule has 1 aromatic carbocycles. The Morgan fingerprint density at radius 1 is 1.07 bits per heavy atom. The zero-order valence-corrected chi connectivity index (χ0v) is 16.1. The number of nitrogens with two attached hydrogens (primary N) is 1. The van der Waals surface area contributed by atoms with E-state index in [9.17, 15) is 13.2 Å². The SMILES string of the molecule is CCc1cc(N)c(OC(F)(F)F)cc1N1CCC(N2CCN(C)CC2)CC1. The molecule has 1 aromatic rings. The molecule has 27 heavy (non-hydrogen) atoms. The second kappa shape index (κ2) is 8.14. The van der Waals surface area contributed by atoms with E-state index in [1.807, 2.05) is 6.92 Å². The van der Waals surface area contributed by atoms with E-state index in [4.69, 9.17) is 5.73 Å². The lowest BCUT2D eigenvalue weighted by Crippen LogP contribution is -2.52. The average molecular weight is 386 g/mol. The van der Waals surface area contributed by atoms with Crippen LogP contribution in [0.5, 0.6) is 5.75 Å². The van der Waals surface area contributed by atoms with E-state index in [1.54, 1.807) is 6.07 Å². The first-order valence-electron chi connectivity index (χ1n) is 9.62. The molecule has 2 aliphatic heterocycles. The minimum atomic E-state index is -4.74. The highest BCUT2D eigenvalue weighted by atomic mass is 19.4. The maximum absolute atomic E-state index is 12.7. The van der Waals surface area contributed by atoms with E-state index in [0.717, 1.165) is 63.4 Å². The molecule has 2 N–H and O–H groups in total. The van der Waals surface area contributed by atoms with Crippen LogP contribution in [-0.2, 0) is 6.42 Å². The number of anilines is 2. The summed E-state index contributed by atoms with van der Waals surface area (Å²) in [6.07, 6.45) is -1.99. The first kappa shape index (κ1) is 20.1. The Kier molecular flexibility index (Phi) is 6.05. The number of hydrogen-bond donors (Lipinski definition) is 1. The molecule has 5 nitrogen and oxygen atoms in total. The number of alkyl halides is 3. The summed E-state index contributed by atoms with van der Waals surface area (Å²) >= 11 is 0. The van der Waals surface area contributed by atoms with Crippen molar-refractivity contribution in [2.24, 2.45) is 0 Å². The van der Waals surface area contributed by atoms with Gasteiger partial charge < -0.3 is 20.3 Å². The van der Waals surface area contributed by atoms with Crippen molar-refractivity contribution in [2.75, 3.05) is 56.9 Å². The fourth-order valence-corrected chi connectivity index (χ4v) is 4.08. The maximum atomic E-state index is 12.7. The van der Waals surface area contributed by atoms with E-state index < -0.39 is 6.36 Å². The van der Waals surface area contributed by atoms with Gasteiger partial charge in [0.15, 0.2) is 5.75 Å². The van der Waals surface area contributed by atoms with Gasteiger partial charge in [0.05, 0.1) is 5.69 Å². The summed E-state index contributed by atoms with van der Waals surface area (Å²) in [5.41, 5.74) is 7.57. The number of halogens is 3. The summed E-state index contributed by atoms with van der Waals surface area (Å²) in [5.74, 6) is -0.309. The molecule has 0 spiro atoms. The largest absolute Gasteiger partial charge is 0.573 e. The van der Waals surface area contributed by atoms with Gasteiger partial charge in [-0.15, -0.1) is 13.2 Å². The van der Waals surface area contributed by atoms with Gasteiger partial charge in [-0.05, 0) is 37.9 Å². The van der Waals surface area contributed by atoms with Crippen molar-refractivity contribution >= 4 is 11.4 Å². The van der Waals surface area contributed by atoms with Crippen LogP contribution < -0.4 is 15.4 Å². The minimum absolute atomic E-state index is 0.0280. The van der Waals surface area contributed by atoms with Crippen LogP contribution >= 0.6 is 0 Å². The Bertz CT molecular complexity index is 637. The van der Waals surface area contributed by atoms with Gasteiger partial charge in [0, 0.05) is 57.1 Å². The number of rotatable bonds is 4. The number of nitrogen functional groups attached to an aromatic ring is 1. The molecule has 0 amide bonds. The third-order valence-corrected chi connectivity index (χ3v) is 5.68. The highest BCUT2D eigenvalue weighted by Gasteiger charge is 2.33. The predicted octanol–water partition coefficient (Wildman–Crippen LogP) is 2.95. The van der Waals surface area contributed by atoms with Gasteiger partial charge in [0.25, 0.3) is 0 Å². The number of likely N-dealkylation sites (N-methyl/N-ethyl adjacent to an activating group) is 1. The van der Waals surface area contributed by atoms with Crippen molar-refractivity contribution in [1.82, 2.24) is 9.80 Å². The molecule has 0 radical (unpaired) electrons. The number of piperazine rings is 1. The van der Waals surface area contributed by atoms with Gasteiger partial charge in [-0.25, -0.2) is 0 Å². The highest BCUT2D eigenvalue weighted by molar-refractivity contribution is 5.67. The van der Waals surface area contributed by atoms with Gasteiger partial charge >= 0.3 is 6.36 Å². The number of ether oxygens (including phenoxy) is 1. The van der Waals surface area contributed by atoms with E-state index in [2.05, 4.69) is 26.5 Å². The second-order valence-corrected chi connectivity index (χ2v) is 7.48. The Morgan fingerprint density at radius 3 is 2.26 bits per heavy atom. The standard InChI is InChI=1S/C19H29F3N4O/c1-3-14-12-16(23)18(27-19(20,21)22)13-17(14)26-6-4-15(5-7-26)25-10-8-24(2)9-11-25/h12-13,15H,3-11,23H2,1-2H3. The van der Waals surface area contributed by atoms with Crippen LogP contribution in [0.1, 0.15) is 25.3 Å². The van der Waals surface area contributed by atoms with Crippen LogP contribution in [0.4, 0.5) is 24.5 Å². The van der Waals surface area contributed by atoms with E-state index in [1.165, 1.54) is 6.07 Å². The van der Waals surface area contributed by atoms with Crippen LogP contribution in [0.25, 0.3) is 0 Å². The van der Waals surface area contributed by atoms with Crippen molar-refractivity contribution in [3.8, 4) is 5.75 Å². The zero-order valence-electron chi connectivity index (χ0n) is 16.1. The molecule has 2 aliphatic rings. The molecule has 2 saturated heterocycles. The molecule has 8 heteroatoms. The third-order valence-electron chi connectivity index (χ3n) is 5.68. The topological polar surface area (TPSA) is 45.0 Å². The van der Waals surface area contributed by atoms with Gasteiger partial charge in [-0.3, -0.25) is 4.90 Å². The lowest BCUT2D eigenvalue weighted by Gasteiger charge is -2.43. The van der Waals surface area contributed by atoms with Crippen molar-refractivity contribution in [2.45, 2.75) is 38.6 Å². The molecule has 0 aliphatic carbocycles. The van der Waals surface area contributed by atoms with E-state index in [-0.39, 0.29) is 11.4 Å². The van der Waals surface area contributed by atoms with Crippen molar-refractivity contribution in [3.63, 3.8) is 0 Å². The summed E-state index contributed by atoms with van der Waals surface area (Å²) in [7, 11) is 2.15. The highest BCUT2D eigenvalue weighted by Crippen LogP contribution is 2.36. The van der Waals surface area contributed by atoms with Crippen molar-refractivity contribution < 1.29 is 17.9 Å². The molecule has 3 rings (SSSR count). The molecule has 0 atom stereocenters. The first-order valence-corrected chi connectivity index (χ1v) is 9.62. The molecule has 2 heterocycles. The third kappa shape index (κ3) is 4.99. The Hall–Kier alpha value is -1.67. The number of aryl methyl sites for hydroxylation is 1. The Balaban J connectivity index is 1.70. The van der Waals surface area contributed by atoms with Crippen LogP contribution in [0.2, 0.25) is 0 Å². The second-order valence-electron chi connectivity index (χ2n) is 7.48. The van der Waals surface area contributed by atoms with Gasteiger partial charge in [0.2, 0.25) is 0 Å². The molecular formula is C19H29F3N4O. The Labute approximate surface area is 158 Å². The van der Waals surface area contributed by atoms with Gasteiger partial charge in [-0.2, -0.15) is 0 Å².